The van der Waals surface area contributed by atoms with Crippen molar-refractivity contribution < 1.29 is 4.79 Å². The van der Waals surface area contributed by atoms with Gasteiger partial charge in [-0.25, -0.2) is 9.97 Å². The molecule has 2 atom stereocenters. The molecule has 1 aliphatic heterocycles. The normalized spacial score (nSPS) is 22.3. The molecule has 0 unspecified atom stereocenters. The van der Waals surface area contributed by atoms with E-state index in [2.05, 4.69) is 27.3 Å². The molecule has 3 heterocycles. The van der Waals surface area contributed by atoms with Crippen LogP contribution in [0, 0.1) is 19.8 Å². The SMILES string of the molecule is Cc1nn(C)c(C)c1[C@H]1[C@H](CNc2ncnc3c2CCCCC3)CC(=O)N1C. The zero-order valence-electron chi connectivity index (χ0n) is 17.3. The molecular weight excluding hydrogens is 352 g/mol. The summed E-state index contributed by atoms with van der Waals surface area (Å²) >= 11 is 0. The van der Waals surface area contributed by atoms with Crippen LogP contribution in [-0.2, 0) is 24.7 Å². The number of aromatic nitrogens is 4. The van der Waals surface area contributed by atoms with Crippen LogP contribution in [0.3, 0.4) is 0 Å². The molecule has 0 spiro atoms. The van der Waals surface area contributed by atoms with E-state index in [4.69, 9.17) is 0 Å². The molecule has 7 heteroatoms. The molecule has 1 N–H and O–H groups in total. The zero-order valence-corrected chi connectivity index (χ0v) is 17.3. The van der Waals surface area contributed by atoms with Crippen molar-refractivity contribution in [3.05, 3.63) is 34.5 Å². The third kappa shape index (κ3) is 3.27. The Morgan fingerprint density at radius 3 is 2.68 bits per heavy atom. The van der Waals surface area contributed by atoms with Crippen molar-refractivity contribution in [2.45, 2.75) is 58.4 Å². The van der Waals surface area contributed by atoms with Gasteiger partial charge in [-0.1, -0.05) is 6.42 Å². The summed E-state index contributed by atoms with van der Waals surface area (Å²) in [6, 6.07) is 0.0501. The number of likely N-dealkylation sites (tertiary alicyclic amines) is 1. The van der Waals surface area contributed by atoms with Gasteiger partial charge in [-0.05, 0) is 39.5 Å². The van der Waals surface area contributed by atoms with Crippen LogP contribution in [0.15, 0.2) is 6.33 Å². The number of nitrogens with zero attached hydrogens (tertiary/aromatic N) is 5. The van der Waals surface area contributed by atoms with Crippen LogP contribution < -0.4 is 5.32 Å². The van der Waals surface area contributed by atoms with Crippen LogP contribution in [0.2, 0.25) is 0 Å². The first kappa shape index (κ1) is 18.9. The Morgan fingerprint density at radius 1 is 1.14 bits per heavy atom. The minimum atomic E-state index is 0.0501. The Balaban J connectivity index is 1.58. The standard InChI is InChI=1S/C21H30N6O/c1-13-19(14(2)27(4)25-13)20-15(10-18(28)26(20)3)11-22-21-16-8-6-5-7-9-17(16)23-12-24-21/h12,15,20H,5-11H2,1-4H3,(H,22,23,24)/t15-,20+/m0/s1. The number of carbonyl (C=O) groups excluding carboxylic acids is 1. The lowest BCUT2D eigenvalue weighted by Gasteiger charge is -2.26. The first-order valence-corrected chi connectivity index (χ1v) is 10.3. The van der Waals surface area contributed by atoms with E-state index in [1.807, 2.05) is 30.6 Å². The average molecular weight is 383 g/mol. The molecule has 0 radical (unpaired) electrons. The highest BCUT2D eigenvalue weighted by molar-refractivity contribution is 5.79. The summed E-state index contributed by atoms with van der Waals surface area (Å²) in [4.78, 5) is 23.5. The van der Waals surface area contributed by atoms with Crippen LogP contribution in [0.4, 0.5) is 5.82 Å². The maximum atomic E-state index is 12.5. The van der Waals surface area contributed by atoms with Gasteiger partial charge in [0.05, 0.1) is 11.7 Å². The van der Waals surface area contributed by atoms with Crippen molar-refractivity contribution in [3.8, 4) is 0 Å². The van der Waals surface area contributed by atoms with Crippen LogP contribution in [0.25, 0.3) is 0 Å². The lowest BCUT2D eigenvalue weighted by atomic mass is 9.92. The van der Waals surface area contributed by atoms with Crippen LogP contribution in [0.1, 0.15) is 59.9 Å². The zero-order chi connectivity index (χ0) is 19.8. The fourth-order valence-corrected chi connectivity index (χ4v) is 4.86. The molecule has 1 fully saturated rings. The molecule has 2 aromatic rings. The fraction of sp³-hybridized carbons (Fsp3) is 0.619. The fourth-order valence-electron chi connectivity index (χ4n) is 4.86. The Hall–Kier alpha value is -2.44. The number of amides is 1. The molecule has 0 aromatic carbocycles. The Bertz CT molecular complexity index is 889. The van der Waals surface area contributed by atoms with Gasteiger partial charge in [0.2, 0.25) is 5.91 Å². The van der Waals surface area contributed by atoms with E-state index in [1.165, 1.54) is 36.1 Å². The van der Waals surface area contributed by atoms with Gasteiger partial charge in [0, 0.05) is 55.5 Å². The lowest BCUT2D eigenvalue weighted by Crippen LogP contribution is -2.28. The van der Waals surface area contributed by atoms with Gasteiger partial charge >= 0.3 is 0 Å². The molecule has 150 valence electrons. The van der Waals surface area contributed by atoms with Crippen molar-refractivity contribution >= 4 is 11.7 Å². The molecule has 2 aromatic heterocycles. The van der Waals surface area contributed by atoms with Gasteiger partial charge in [-0.2, -0.15) is 5.10 Å². The van der Waals surface area contributed by atoms with Crippen molar-refractivity contribution in [2.75, 3.05) is 18.9 Å². The van der Waals surface area contributed by atoms with Gasteiger partial charge in [0.25, 0.3) is 0 Å². The highest BCUT2D eigenvalue weighted by atomic mass is 16.2. The quantitative estimate of drug-likeness (QED) is 0.823. The summed E-state index contributed by atoms with van der Waals surface area (Å²) in [6.45, 7) is 4.84. The van der Waals surface area contributed by atoms with E-state index in [-0.39, 0.29) is 17.9 Å². The molecule has 1 aliphatic carbocycles. The van der Waals surface area contributed by atoms with Gasteiger partial charge in [0.15, 0.2) is 0 Å². The second kappa shape index (κ2) is 7.53. The Kier molecular flexibility index (Phi) is 5.08. The topological polar surface area (TPSA) is 75.9 Å². The van der Waals surface area contributed by atoms with Crippen molar-refractivity contribution in [3.63, 3.8) is 0 Å². The molecule has 7 nitrogen and oxygen atoms in total. The average Bonchev–Trinajstić information content (AvgIpc) is 2.97. The maximum absolute atomic E-state index is 12.5. The molecule has 0 bridgehead atoms. The van der Waals surface area contributed by atoms with Gasteiger partial charge in [0.1, 0.15) is 12.1 Å². The second-order valence-corrected chi connectivity index (χ2v) is 8.21. The van der Waals surface area contributed by atoms with E-state index in [0.717, 1.165) is 36.6 Å². The van der Waals surface area contributed by atoms with E-state index in [1.54, 1.807) is 6.33 Å². The van der Waals surface area contributed by atoms with E-state index >= 15 is 0 Å². The van der Waals surface area contributed by atoms with Gasteiger partial charge < -0.3 is 10.2 Å². The summed E-state index contributed by atoms with van der Waals surface area (Å²) in [5.41, 5.74) is 5.77. The number of rotatable bonds is 4. The number of hydrogen-bond acceptors (Lipinski definition) is 5. The highest BCUT2D eigenvalue weighted by Crippen LogP contribution is 2.40. The molecule has 2 aliphatic rings. The molecule has 28 heavy (non-hydrogen) atoms. The van der Waals surface area contributed by atoms with Crippen LogP contribution in [-0.4, -0.2) is 44.1 Å². The number of anilines is 1. The summed E-state index contributed by atoms with van der Waals surface area (Å²) in [7, 11) is 3.88. The predicted octanol–water partition coefficient (Wildman–Crippen LogP) is 2.73. The van der Waals surface area contributed by atoms with Crippen molar-refractivity contribution in [1.82, 2.24) is 24.6 Å². The summed E-state index contributed by atoms with van der Waals surface area (Å²) in [6.07, 6.45) is 7.93. The molecule has 4 rings (SSSR count). The van der Waals surface area contributed by atoms with Crippen LogP contribution >= 0.6 is 0 Å². The van der Waals surface area contributed by atoms with E-state index in [0.29, 0.717) is 6.42 Å². The summed E-state index contributed by atoms with van der Waals surface area (Å²) < 4.78 is 1.91. The second-order valence-electron chi connectivity index (χ2n) is 8.21. The largest absolute Gasteiger partial charge is 0.369 e. The minimum Gasteiger partial charge on any atom is -0.369 e. The van der Waals surface area contributed by atoms with Gasteiger partial charge in [-0.3, -0.25) is 9.48 Å². The number of nitrogens with one attached hydrogen (secondary N) is 1. The highest BCUT2D eigenvalue weighted by Gasteiger charge is 2.41. The number of aryl methyl sites for hydroxylation is 3. The monoisotopic (exact) mass is 382 g/mol. The third-order valence-electron chi connectivity index (χ3n) is 6.46. The Morgan fingerprint density at radius 2 is 1.93 bits per heavy atom. The summed E-state index contributed by atoms with van der Waals surface area (Å²) in [5.74, 6) is 1.34. The summed E-state index contributed by atoms with van der Waals surface area (Å²) in [5, 5.41) is 8.15. The minimum absolute atomic E-state index is 0.0501. The lowest BCUT2D eigenvalue weighted by molar-refractivity contribution is -0.127. The smallest absolute Gasteiger partial charge is 0.223 e. The van der Waals surface area contributed by atoms with E-state index in [9.17, 15) is 4.79 Å². The molecule has 0 saturated carbocycles. The van der Waals surface area contributed by atoms with Gasteiger partial charge in [-0.15, -0.1) is 0 Å². The number of carbonyl (C=O) groups is 1. The molecule has 1 saturated heterocycles. The molecule has 1 amide bonds. The predicted molar refractivity (Wildman–Crippen MR) is 108 cm³/mol. The maximum Gasteiger partial charge on any atom is 0.223 e. The van der Waals surface area contributed by atoms with Crippen molar-refractivity contribution in [1.29, 1.82) is 0 Å². The first-order chi connectivity index (χ1) is 13.5. The number of hydrogen-bond donors (Lipinski definition) is 1. The van der Waals surface area contributed by atoms with E-state index < -0.39 is 0 Å². The van der Waals surface area contributed by atoms with Crippen LogP contribution in [0.5, 0.6) is 0 Å². The Labute approximate surface area is 166 Å². The molecular formula is C21H30N6O. The van der Waals surface area contributed by atoms with Crippen molar-refractivity contribution in [2.24, 2.45) is 13.0 Å². The third-order valence-corrected chi connectivity index (χ3v) is 6.46. The number of fused-ring (bicyclic) bond motifs is 1. The first-order valence-electron chi connectivity index (χ1n) is 10.3.